The molecule has 0 aliphatic rings. The number of H-pyrrole nitrogens is 1. The third kappa shape index (κ3) is 3.26. The molecular formula is C19H13F3N8. The SMILES string of the molecule is N#Cc1nc2c(-c3nc4ccccc4[nH]3)c(N)n(CCCC(F)(F)F)c2nc1C#N. The maximum Gasteiger partial charge on any atom is 0.389 e. The highest BCUT2D eigenvalue weighted by atomic mass is 19.4. The molecule has 0 atom stereocenters. The number of hydrogen-bond acceptors (Lipinski definition) is 6. The molecule has 0 fully saturated rings. The van der Waals surface area contributed by atoms with E-state index in [0.29, 0.717) is 16.9 Å². The molecule has 1 aromatic carbocycles. The first-order valence-corrected chi connectivity index (χ1v) is 8.84. The first-order chi connectivity index (χ1) is 14.3. The fourth-order valence-corrected chi connectivity index (χ4v) is 3.28. The minimum absolute atomic E-state index is 0.0898. The minimum Gasteiger partial charge on any atom is -0.384 e. The molecule has 4 aromatic rings. The van der Waals surface area contributed by atoms with Crippen molar-refractivity contribution in [2.75, 3.05) is 5.73 Å². The number of nitriles is 2. The van der Waals surface area contributed by atoms with Crippen molar-refractivity contribution in [3.8, 4) is 23.5 Å². The first-order valence-electron chi connectivity index (χ1n) is 8.84. The number of nitrogens with two attached hydrogens (primary N) is 1. The fraction of sp³-hybridized carbons (Fsp3) is 0.211. The molecule has 0 saturated carbocycles. The average molecular weight is 410 g/mol. The van der Waals surface area contributed by atoms with E-state index in [0.717, 1.165) is 5.52 Å². The van der Waals surface area contributed by atoms with Crippen LogP contribution in [0.15, 0.2) is 24.3 Å². The van der Waals surface area contributed by atoms with Crippen LogP contribution in [0.1, 0.15) is 24.2 Å². The lowest BCUT2D eigenvalue weighted by molar-refractivity contribution is -0.135. The van der Waals surface area contributed by atoms with Gasteiger partial charge in [0.2, 0.25) is 0 Å². The lowest BCUT2D eigenvalue weighted by Crippen LogP contribution is -2.11. The van der Waals surface area contributed by atoms with Crippen molar-refractivity contribution in [3.63, 3.8) is 0 Å². The third-order valence-electron chi connectivity index (χ3n) is 4.60. The van der Waals surface area contributed by atoms with Crippen molar-refractivity contribution in [2.24, 2.45) is 0 Å². The highest BCUT2D eigenvalue weighted by Crippen LogP contribution is 2.35. The predicted octanol–water partition coefficient (Wildman–Crippen LogP) is 3.64. The number of hydrogen-bond donors (Lipinski definition) is 2. The molecule has 0 bridgehead atoms. The maximum absolute atomic E-state index is 12.6. The number of alkyl halides is 3. The van der Waals surface area contributed by atoms with Crippen molar-refractivity contribution in [3.05, 3.63) is 35.7 Å². The van der Waals surface area contributed by atoms with Crippen LogP contribution in [0.25, 0.3) is 33.6 Å². The van der Waals surface area contributed by atoms with Crippen LogP contribution in [0, 0.1) is 22.7 Å². The summed E-state index contributed by atoms with van der Waals surface area (Å²) in [5.74, 6) is 0.446. The van der Waals surface area contributed by atoms with Crippen LogP contribution in [0.3, 0.4) is 0 Å². The van der Waals surface area contributed by atoms with Crippen LogP contribution in [0.2, 0.25) is 0 Å². The van der Waals surface area contributed by atoms with Gasteiger partial charge in [-0.3, -0.25) is 0 Å². The van der Waals surface area contributed by atoms with Crippen LogP contribution in [-0.4, -0.2) is 30.7 Å². The van der Waals surface area contributed by atoms with Gasteiger partial charge in [-0.2, -0.15) is 23.7 Å². The zero-order valence-electron chi connectivity index (χ0n) is 15.3. The summed E-state index contributed by atoms with van der Waals surface area (Å²) in [6, 6.07) is 10.8. The highest BCUT2D eigenvalue weighted by molar-refractivity contribution is 5.98. The lowest BCUT2D eigenvalue weighted by atomic mass is 10.2. The molecule has 0 aliphatic heterocycles. The number of halogens is 3. The number of fused-ring (bicyclic) bond motifs is 2. The Bertz CT molecular complexity index is 1320. The van der Waals surface area contributed by atoms with E-state index < -0.39 is 12.6 Å². The van der Waals surface area contributed by atoms with Gasteiger partial charge in [0.25, 0.3) is 0 Å². The number of nitrogen functional groups attached to an aromatic ring is 1. The van der Waals surface area contributed by atoms with Crippen molar-refractivity contribution < 1.29 is 13.2 Å². The highest BCUT2D eigenvalue weighted by Gasteiger charge is 2.28. The fourth-order valence-electron chi connectivity index (χ4n) is 3.28. The maximum atomic E-state index is 12.6. The molecule has 0 saturated heterocycles. The standard InChI is InChI=1S/C19H13F3N8/c20-19(21,22)6-3-7-30-16(25)14(17-27-10-4-1-2-5-11(10)28-17)15-18(30)29-13(9-24)12(8-23)26-15/h1-2,4-5H,3,6-7,25H2,(H,27,28). The van der Waals surface area contributed by atoms with Crippen LogP contribution >= 0.6 is 0 Å². The van der Waals surface area contributed by atoms with Crippen LogP contribution in [0.5, 0.6) is 0 Å². The Hall–Kier alpha value is -4.12. The normalized spacial score (nSPS) is 11.6. The third-order valence-corrected chi connectivity index (χ3v) is 4.60. The molecule has 3 N–H and O–H groups in total. The molecule has 30 heavy (non-hydrogen) atoms. The van der Waals surface area contributed by atoms with Gasteiger partial charge >= 0.3 is 6.18 Å². The first kappa shape index (κ1) is 19.2. The average Bonchev–Trinajstić information content (AvgIpc) is 3.24. The number of anilines is 1. The van der Waals surface area contributed by atoms with E-state index in [1.807, 2.05) is 24.3 Å². The number of nitrogens with zero attached hydrogens (tertiary/aromatic N) is 6. The van der Waals surface area contributed by atoms with E-state index in [2.05, 4.69) is 19.9 Å². The Labute approximate surface area is 167 Å². The summed E-state index contributed by atoms with van der Waals surface area (Å²) >= 11 is 0. The second-order valence-electron chi connectivity index (χ2n) is 6.55. The summed E-state index contributed by atoms with van der Waals surface area (Å²) in [6.07, 6.45) is -5.54. The van der Waals surface area contributed by atoms with Crippen molar-refractivity contribution in [1.29, 1.82) is 10.5 Å². The second kappa shape index (κ2) is 7.04. The molecule has 0 unspecified atom stereocenters. The van der Waals surface area contributed by atoms with E-state index in [1.54, 1.807) is 12.1 Å². The number of aromatic amines is 1. The largest absolute Gasteiger partial charge is 0.389 e. The van der Waals surface area contributed by atoms with Crippen molar-refractivity contribution in [1.82, 2.24) is 24.5 Å². The molecule has 8 nitrogen and oxygen atoms in total. The van der Waals surface area contributed by atoms with Gasteiger partial charge < -0.3 is 15.3 Å². The summed E-state index contributed by atoms with van der Waals surface area (Å²) in [6.45, 7) is -0.0898. The molecule has 3 heterocycles. The summed E-state index contributed by atoms with van der Waals surface area (Å²) in [7, 11) is 0. The van der Waals surface area contributed by atoms with Gasteiger partial charge in [-0.1, -0.05) is 12.1 Å². The summed E-state index contributed by atoms with van der Waals surface area (Å²) < 4.78 is 39.2. The number of para-hydroxylation sites is 2. The van der Waals surface area contributed by atoms with E-state index >= 15 is 0 Å². The Morgan fingerprint density at radius 2 is 1.77 bits per heavy atom. The number of aromatic nitrogens is 5. The number of imidazole rings is 1. The zero-order chi connectivity index (χ0) is 21.5. The van der Waals surface area contributed by atoms with Crippen LogP contribution in [-0.2, 0) is 6.54 Å². The van der Waals surface area contributed by atoms with E-state index in [-0.39, 0.29) is 41.3 Å². The number of aryl methyl sites for hydroxylation is 1. The van der Waals surface area contributed by atoms with E-state index in [1.165, 1.54) is 4.57 Å². The van der Waals surface area contributed by atoms with Crippen molar-refractivity contribution >= 4 is 28.0 Å². The number of nitrogens with one attached hydrogen (secondary N) is 1. The van der Waals surface area contributed by atoms with Gasteiger partial charge in [0.05, 0.1) is 16.6 Å². The minimum atomic E-state index is -4.31. The summed E-state index contributed by atoms with van der Waals surface area (Å²) in [5.41, 5.74) is 7.88. The van der Waals surface area contributed by atoms with Crippen LogP contribution in [0.4, 0.5) is 19.0 Å². The van der Waals surface area contributed by atoms with Gasteiger partial charge in [0.1, 0.15) is 29.3 Å². The number of benzene rings is 1. The Morgan fingerprint density at radius 1 is 1.07 bits per heavy atom. The van der Waals surface area contributed by atoms with Gasteiger partial charge in [0.15, 0.2) is 17.0 Å². The topological polar surface area (TPSA) is 133 Å². The Balaban J connectivity index is 1.93. The molecule has 0 aliphatic carbocycles. The van der Waals surface area contributed by atoms with Gasteiger partial charge in [0, 0.05) is 13.0 Å². The molecule has 0 radical (unpaired) electrons. The molecule has 0 spiro atoms. The van der Waals surface area contributed by atoms with E-state index in [9.17, 15) is 23.7 Å². The molecular weight excluding hydrogens is 397 g/mol. The Kier molecular flexibility index (Phi) is 4.51. The van der Waals surface area contributed by atoms with Crippen molar-refractivity contribution in [2.45, 2.75) is 25.6 Å². The zero-order valence-corrected chi connectivity index (χ0v) is 15.3. The summed E-state index contributed by atoms with van der Waals surface area (Å²) in [4.78, 5) is 16.0. The molecule has 0 amide bonds. The predicted molar refractivity (Wildman–Crippen MR) is 102 cm³/mol. The Morgan fingerprint density at radius 3 is 2.43 bits per heavy atom. The lowest BCUT2D eigenvalue weighted by Gasteiger charge is -2.09. The van der Waals surface area contributed by atoms with Crippen LogP contribution < -0.4 is 5.73 Å². The van der Waals surface area contributed by atoms with Gasteiger partial charge in [-0.25, -0.2) is 15.0 Å². The van der Waals surface area contributed by atoms with Gasteiger partial charge in [-0.05, 0) is 18.6 Å². The van der Waals surface area contributed by atoms with E-state index in [4.69, 9.17) is 5.73 Å². The second-order valence-corrected chi connectivity index (χ2v) is 6.55. The summed E-state index contributed by atoms with van der Waals surface area (Å²) in [5, 5.41) is 18.6. The monoisotopic (exact) mass is 410 g/mol. The quantitative estimate of drug-likeness (QED) is 0.528. The molecule has 150 valence electrons. The smallest absolute Gasteiger partial charge is 0.384 e. The molecule has 3 aromatic heterocycles. The molecule has 11 heteroatoms. The number of rotatable bonds is 4. The molecule has 4 rings (SSSR count). The van der Waals surface area contributed by atoms with Gasteiger partial charge in [-0.15, -0.1) is 0 Å².